The van der Waals surface area contributed by atoms with Crippen molar-refractivity contribution in [3.8, 4) is 0 Å². The molecule has 1 aromatic carbocycles. The monoisotopic (exact) mass is 267 g/mol. The smallest absolute Gasteiger partial charge is 0.253 e. The number of nitrogen functional groups attached to an aromatic ring is 1. The Bertz CT molecular complexity index is 751. The molecule has 2 aromatic heterocycles. The Hall–Kier alpha value is -2.89. The molecule has 1 amide bonds. The van der Waals surface area contributed by atoms with Gasteiger partial charge in [0.1, 0.15) is 6.33 Å². The van der Waals surface area contributed by atoms with E-state index in [1.807, 2.05) is 6.07 Å². The first-order valence-corrected chi connectivity index (χ1v) is 6.14. The second kappa shape index (κ2) is 5.00. The number of aromatic nitrogens is 3. The van der Waals surface area contributed by atoms with Crippen molar-refractivity contribution in [3.05, 3.63) is 54.2 Å². The Balaban J connectivity index is 1.79. The third-order valence-corrected chi connectivity index (χ3v) is 3.02. The zero-order chi connectivity index (χ0) is 13.9. The first kappa shape index (κ1) is 12.2. The molecule has 4 N–H and O–H groups in total. The summed E-state index contributed by atoms with van der Waals surface area (Å²) in [5, 5.41) is 3.67. The Kier molecular flexibility index (Phi) is 3.04. The van der Waals surface area contributed by atoms with Gasteiger partial charge in [-0.3, -0.25) is 4.79 Å². The number of amides is 1. The summed E-state index contributed by atoms with van der Waals surface area (Å²) in [7, 11) is 0. The highest BCUT2D eigenvalue weighted by Gasteiger charge is 2.11. The van der Waals surface area contributed by atoms with Crippen molar-refractivity contribution in [1.82, 2.24) is 20.3 Å². The van der Waals surface area contributed by atoms with Crippen LogP contribution in [0.5, 0.6) is 0 Å². The number of carbonyl (C=O) groups is 1. The molecule has 0 unspecified atom stereocenters. The predicted octanol–water partition coefficient (Wildman–Crippen LogP) is 1.47. The van der Waals surface area contributed by atoms with E-state index < -0.39 is 0 Å². The lowest BCUT2D eigenvalue weighted by Gasteiger charge is -2.03. The molecule has 6 heteroatoms. The molecule has 0 aliphatic rings. The van der Waals surface area contributed by atoms with Crippen LogP contribution >= 0.6 is 0 Å². The van der Waals surface area contributed by atoms with E-state index >= 15 is 0 Å². The lowest BCUT2D eigenvalue weighted by atomic mass is 10.1. The largest absolute Gasteiger partial charge is 0.399 e. The molecule has 0 saturated carbocycles. The van der Waals surface area contributed by atoms with Crippen molar-refractivity contribution in [2.24, 2.45) is 0 Å². The molecule has 2 heterocycles. The molecular formula is C14H13N5O. The number of nitrogens with zero attached hydrogens (tertiary/aromatic N) is 2. The van der Waals surface area contributed by atoms with Crippen molar-refractivity contribution >= 4 is 22.5 Å². The molecule has 0 atom stereocenters. The van der Waals surface area contributed by atoms with Gasteiger partial charge in [-0.1, -0.05) is 0 Å². The third kappa shape index (κ3) is 2.31. The number of aromatic amines is 1. The summed E-state index contributed by atoms with van der Waals surface area (Å²) in [6.07, 6.45) is 4.78. The second-order valence-electron chi connectivity index (χ2n) is 4.39. The van der Waals surface area contributed by atoms with Crippen LogP contribution in [-0.4, -0.2) is 20.9 Å². The maximum atomic E-state index is 12.2. The summed E-state index contributed by atoms with van der Waals surface area (Å²) in [4.78, 5) is 23.1. The van der Waals surface area contributed by atoms with Gasteiger partial charge in [0, 0.05) is 29.0 Å². The maximum Gasteiger partial charge on any atom is 0.253 e. The number of hydrogen-bond donors (Lipinski definition) is 3. The number of hydrogen-bond acceptors (Lipinski definition) is 4. The number of rotatable bonds is 3. The van der Waals surface area contributed by atoms with Gasteiger partial charge in [0.05, 0.1) is 17.8 Å². The highest BCUT2D eigenvalue weighted by Crippen LogP contribution is 2.20. The van der Waals surface area contributed by atoms with E-state index in [1.165, 1.54) is 6.33 Å². The Morgan fingerprint density at radius 1 is 1.35 bits per heavy atom. The molecule has 0 aliphatic heterocycles. The topological polar surface area (TPSA) is 96.7 Å². The number of nitrogens with two attached hydrogens (primary N) is 1. The summed E-state index contributed by atoms with van der Waals surface area (Å²) in [5.74, 6) is -0.153. The van der Waals surface area contributed by atoms with Crippen LogP contribution in [0.3, 0.4) is 0 Å². The van der Waals surface area contributed by atoms with Gasteiger partial charge in [-0.25, -0.2) is 9.97 Å². The average Bonchev–Trinajstić information content (AvgIpc) is 2.89. The summed E-state index contributed by atoms with van der Waals surface area (Å²) < 4.78 is 0. The van der Waals surface area contributed by atoms with Gasteiger partial charge >= 0.3 is 0 Å². The standard InChI is InChI=1S/C14H13N5O/c15-9-1-2-11-12(7-17-13(11)5-9)14(20)18-6-10-3-4-16-8-19-10/h1-5,7-8,17H,6,15H2,(H,18,20). The summed E-state index contributed by atoms with van der Waals surface area (Å²) in [5.41, 5.74) is 8.57. The normalized spacial score (nSPS) is 10.6. The first-order chi connectivity index (χ1) is 9.74. The van der Waals surface area contributed by atoms with E-state index in [9.17, 15) is 4.79 Å². The van der Waals surface area contributed by atoms with E-state index in [0.29, 0.717) is 17.8 Å². The number of anilines is 1. The fourth-order valence-electron chi connectivity index (χ4n) is 2.02. The highest BCUT2D eigenvalue weighted by atomic mass is 16.1. The number of fused-ring (bicyclic) bond motifs is 1. The second-order valence-corrected chi connectivity index (χ2v) is 4.39. The molecule has 3 rings (SSSR count). The summed E-state index contributed by atoms with van der Waals surface area (Å²) in [6.45, 7) is 0.364. The quantitative estimate of drug-likeness (QED) is 0.626. The van der Waals surface area contributed by atoms with Gasteiger partial charge in [0.2, 0.25) is 0 Å². The molecule has 0 radical (unpaired) electrons. The van der Waals surface area contributed by atoms with E-state index in [-0.39, 0.29) is 5.91 Å². The molecule has 6 nitrogen and oxygen atoms in total. The third-order valence-electron chi connectivity index (χ3n) is 3.02. The minimum Gasteiger partial charge on any atom is -0.399 e. The number of nitrogens with one attached hydrogen (secondary N) is 2. The van der Waals surface area contributed by atoms with Gasteiger partial charge in [0.15, 0.2) is 0 Å². The molecule has 0 spiro atoms. The van der Waals surface area contributed by atoms with Crippen molar-refractivity contribution in [2.45, 2.75) is 6.54 Å². The van der Waals surface area contributed by atoms with Crippen LogP contribution in [0.1, 0.15) is 16.1 Å². The average molecular weight is 267 g/mol. The Labute approximate surface area is 115 Å². The summed E-state index contributed by atoms with van der Waals surface area (Å²) >= 11 is 0. The first-order valence-electron chi connectivity index (χ1n) is 6.14. The van der Waals surface area contributed by atoms with Crippen LogP contribution in [0.2, 0.25) is 0 Å². The molecule has 3 aromatic rings. The van der Waals surface area contributed by atoms with E-state index in [0.717, 1.165) is 16.6 Å². The number of carbonyl (C=O) groups excluding carboxylic acids is 1. The minimum absolute atomic E-state index is 0.153. The van der Waals surface area contributed by atoms with Gasteiger partial charge in [-0.05, 0) is 24.3 Å². The lowest BCUT2D eigenvalue weighted by molar-refractivity contribution is 0.0952. The predicted molar refractivity (Wildman–Crippen MR) is 75.9 cm³/mol. The number of benzene rings is 1. The molecular weight excluding hydrogens is 254 g/mol. The lowest BCUT2D eigenvalue weighted by Crippen LogP contribution is -2.23. The SMILES string of the molecule is Nc1ccc2c(C(=O)NCc3ccncn3)c[nH]c2c1. The minimum atomic E-state index is -0.153. The molecule has 0 bridgehead atoms. The Morgan fingerprint density at radius 2 is 2.25 bits per heavy atom. The molecule has 20 heavy (non-hydrogen) atoms. The van der Waals surface area contributed by atoms with Gasteiger partial charge in [0.25, 0.3) is 5.91 Å². The molecule has 0 aliphatic carbocycles. The summed E-state index contributed by atoms with van der Waals surface area (Å²) in [6, 6.07) is 7.17. The van der Waals surface area contributed by atoms with E-state index in [1.54, 1.807) is 30.6 Å². The molecule has 0 fully saturated rings. The fraction of sp³-hybridized carbons (Fsp3) is 0.0714. The van der Waals surface area contributed by atoms with Crippen LogP contribution in [0.4, 0.5) is 5.69 Å². The van der Waals surface area contributed by atoms with Crippen LogP contribution < -0.4 is 11.1 Å². The van der Waals surface area contributed by atoms with Crippen molar-refractivity contribution in [2.75, 3.05) is 5.73 Å². The van der Waals surface area contributed by atoms with Crippen LogP contribution in [0.25, 0.3) is 10.9 Å². The van der Waals surface area contributed by atoms with E-state index in [2.05, 4.69) is 20.3 Å². The van der Waals surface area contributed by atoms with Crippen LogP contribution in [0, 0.1) is 0 Å². The van der Waals surface area contributed by atoms with Crippen LogP contribution in [0.15, 0.2) is 43.0 Å². The molecule has 0 saturated heterocycles. The zero-order valence-electron chi connectivity index (χ0n) is 10.6. The number of H-pyrrole nitrogens is 1. The molecule has 100 valence electrons. The maximum absolute atomic E-state index is 12.2. The van der Waals surface area contributed by atoms with Gasteiger partial charge < -0.3 is 16.0 Å². The highest BCUT2D eigenvalue weighted by molar-refractivity contribution is 6.07. The van der Waals surface area contributed by atoms with Gasteiger partial charge in [-0.15, -0.1) is 0 Å². The van der Waals surface area contributed by atoms with Crippen LogP contribution in [-0.2, 0) is 6.54 Å². The van der Waals surface area contributed by atoms with Crippen molar-refractivity contribution < 1.29 is 4.79 Å². The van der Waals surface area contributed by atoms with E-state index in [4.69, 9.17) is 5.73 Å². The zero-order valence-corrected chi connectivity index (χ0v) is 10.6. The van der Waals surface area contributed by atoms with Crippen molar-refractivity contribution in [3.63, 3.8) is 0 Å². The van der Waals surface area contributed by atoms with Gasteiger partial charge in [-0.2, -0.15) is 0 Å². The van der Waals surface area contributed by atoms with Crippen molar-refractivity contribution in [1.29, 1.82) is 0 Å². The Morgan fingerprint density at radius 3 is 3.05 bits per heavy atom. The fourth-order valence-corrected chi connectivity index (χ4v) is 2.02.